The first-order valence-electron chi connectivity index (χ1n) is 8.13. The first kappa shape index (κ1) is 19.3. The molecule has 25 heavy (non-hydrogen) atoms. The van der Waals surface area contributed by atoms with Gasteiger partial charge in [-0.15, -0.1) is 0 Å². The Morgan fingerprint density at radius 1 is 1.44 bits per heavy atom. The number of ether oxygens (including phenoxy) is 2. The summed E-state index contributed by atoms with van der Waals surface area (Å²) in [5.41, 5.74) is -0.100. The molecule has 2 heterocycles. The minimum absolute atomic E-state index is 0.120. The Labute approximate surface area is 155 Å². The highest BCUT2D eigenvalue weighted by Gasteiger charge is 2.34. The molecule has 1 aromatic heterocycles. The molecule has 8 heteroatoms. The number of aromatic nitrogens is 1. The molecule has 0 aromatic carbocycles. The topological polar surface area (TPSA) is 84.6 Å². The maximum Gasteiger partial charge on any atom is 0.410 e. The summed E-state index contributed by atoms with van der Waals surface area (Å²) in [4.78, 5) is 26.1. The summed E-state index contributed by atoms with van der Waals surface area (Å²) in [7, 11) is 0. The van der Waals surface area contributed by atoms with E-state index in [9.17, 15) is 14.9 Å². The van der Waals surface area contributed by atoms with Gasteiger partial charge in [-0.3, -0.25) is 0 Å². The van der Waals surface area contributed by atoms with E-state index < -0.39 is 11.6 Å². The van der Waals surface area contributed by atoms with Crippen LogP contribution in [0.25, 0.3) is 0 Å². The summed E-state index contributed by atoms with van der Waals surface area (Å²) in [6, 6.07) is 1.92. The zero-order valence-corrected chi connectivity index (χ0v) is 16.4. The van der Waals surface area contributed by atoms with Crippen LogP contribution in [0.5, 0.6) is 0 Å². The van der Waals surface area contributed by atoms with E-state index in [1.165, 1.54) is 0 Å². The minimum atomic E-state index is -0.560. The molecule has 1 saturated heterocycles. The van der Waals surface area contributed by atoms with E-state index in [1.807, 2.05) is 26.8 Å². The van der Waals surface area contributed by atoms with Gasteiger partial charge in [0.05, 0.1) is 22.7 Å². The number of carbonyl (C=O) groups excluding carboxylic acids is 2. The molecule has 0 radical (unpaired) electrons. The highest BCUT2D eigenvalue weighted by molar-refractivity contribution is 9.10. The zero-order chi connectivity index (χ0) is 18.8. The summed E-state index contributed by atoms with van der Waals surface area (Å²) in [6.07, 6.45) is 1.99. The number of rotatable bonds is 3. The van der Waals surface area contributed by atoms with Gasteiger partial charge in [-0.05, 0) is 50.0 Å². The highest BCUT2D eigenvalue weighted by Crippen LogP contribution is 2.31. The van der Waals surface area contributed by atoms with Crippen LogP contribution in [-0.4, -0.2) is 46.8 Å². The van der Waals surface area contributed by atoms with E-state index in [4.69, 9.17) is 9.47 Å². The quantitative estimate of drug-likeness (QED) is 0.710. The molecule has 136 valence electrons. The Morgan fingerprint density at radius 3 is 2.68 bits per heavy atom. The Morgan fingerprint density at radius 2 is 2.12 bits per heavy atom. The fraction of sp³-hybridized carbons (Fsp3) is 0.588. The number of esters is 1. The molecule has 1 aromatic rings. The standard InChI is InChI=1S/C17H22BrN3O4/c1-5-24-15(22)14-12(8-19)13(18)10-21(14)11-6-7-20(9-11)16(23)25-17(2,3)4/h10-11H,5-7,9H2,1-4H3/t11-/m1/s1. The van der Waals surface area contributed by atoms with Gasteiger partial charge < -0.3 is 18.9 Å². The third kappa shape index (κ3) is 4.34. The number of hydrogen-bond acceptors (Lipinski definition) is 5. The van der Waals surface area contributed by atoms with Crippen molar-refractivity contribution < 1.29 is 19.1 Å². The SMILES string of the molecule is CCOC(=O)c1c(C#N)c(Br)cn1[C@@H]1CCN(C(=O)OC(C)(C)C)C1. The van der Waals surface area contributed by atoms with Crippen molar-refractivity contribution in [1.82, 2.24) is 9.47 Å². The lowest BCUT2D eigenvalue weighted by Gasteiger charge is -2.24. The van der Waals surface area contributed by atoms with Crippen LogP contribution in [0.4, 0.5) is 4.79 Å². The van der Waals surface area contributed by atoms with Gasteiger partial charge >= 0.3 is 12.1 Å². The van der Waals surface area contributed by atoms with Crippen molar-refractivity contribution in [2.75, 3.05) is 19.7 Å². The van der Waals surface area contributed by atoms with E-state index in [2.05, 4.69) is 15.9 Å². The van der Waals surface area contributed by atoms with Gasteiger partial charge in [0.1, 0.15) is 17.4 Å². The number of hydrogen-bond donors (Lipinski definition) is 0. The second-order valence-corrected chi connectivity index (χ2v) is 7.66. The lowest BCUT2D eigenvalue weighted by atomic mass is 10.2. The van der Waals surface area contributed by atoms with E-state index in [0.717, 1.165) is 0 Å². The fourth-order valence-electron chi connectivity index (χ4n) is 2.76. The van der Waals surface area contributed by atoms with Crippen LogP contribution in [0.1, 0.15) is 56.2 Å². The Bertz CT molecular complexity index is 715. The maximum absolute atomic E-state index is 12.3. The molecule has 1 aliphatic rings. The number of likely N-dealkylation sites (tertiary alicyclic amines) is 1. The van der Waals surface area contributed by atoms with Crippen molar-refractivity contribution in [3.8, 4) is 6.07 Å². The Kier molecular flexibility index (Phi) is 5.78. The molecule has 1 fully saturated rings. The third-order valence-corrected chi connectivity index (χ3v) is 4.38. The summed E-state index contributed by atoms with van der Waals surface area (Å²) in [5, 5.41) is 9.35. The van der Waals surface area contributed by atoms with Crippen molar-refractivity contribution >= 4 is 28.0 Å². The lowest BCUT2D eigenvalue weighted by Crippen LogP contribution is -2.35. The van der Waals surface area contributed by atoms with Gasteiger partial charge in [0, 0.05) is 19.3 Å². The number of halogens is 1. The van der Waals surface area contributed by atoms with Crippen LogP contribution in [-0.2, 0) is 9.47 Å². The highest BCUT2D eigenvalue weighted by atomic mass is 79.9. The molecular formula is C17H22BrN3O4. The number of nitriles is 1. The largest absolute Gasteiger partial charge is 0.461 e. The Hall–Kier alpha value is -2.01. The number of nitrogens with zero attached hydrogens (tertiary/aromatic N) is 3. The molecular weight excluding hydrogens is 390 g/mol. The average Bonchev–Trinajstić information content (AvgIpc) is 3.09. The normalized spacial score (nSPS) is 17.3. The predicted molar refractivity (Wildman–Crippen MR) is 94.3 cm³/mol. The summed E-state index contributed by atoms with van der Waals surface area (Å²) >= 11 is 3.32. The second-order valence-electron chi connectivity index (χ2n) is 6.81. The fourth-order valence-corrected chi connectivity index (χ4v) is 3.25. The molecule has 0 N–H and O–H groups in total. The van der Waals surface area contributed by atoms with Crippen molar-refractivity contribution in [1.29, 1.82) is 5.26 Å². The van der Waals surface area contributed by atoms with Gasteiger partial charge in [0.15, 0.2) is 0 Å². The van der Waals surface area contributed by atoms with Gasteiger partial charge in [-0.2, -0.15) is 5.26 Å². The van der Waals surface area contributed by atoms with Crippen LogP contribution >= 0.6 is 15.9 Å². The smallest absolute Gasteiger partial charge is 0.410 e. The predicted octanol–water partition coefficient (Wildman–Crippen LogP) is 3.48. The summed E-state index contributed by atoms with van der Waals surface area (Å²) in [6.45, 7) is 8.33. The number of amides is 1. The van der Waals surface area contributed by atoms with Crippen molar-refractivity contribution in [2.45, 2.75) is 45.8 Å². The van der Waals surface area contributed by atoms with Crippen molar-refractivity contribution in [2.24, 2.45) is 0 Å². The van der Waals surface area contributed by atoms with Crippen LogP contribution < -0.4 is 0 Å². The molecule has 0 spiro atoms. The molecule has 0 bridgehead atoms. The minimum Gasteiger partial charge on any atom is -0.461 e. The second kappa shape index (κ2) is 7.48. The molecule has 0 saturated carbocycles. The van der Waals surface area contributed by atoms with Crippen molar-refractivity contribution in [3.05, 3.63) is 21.9 Å². The molecule has 0 aliphatic carbocycles. The average molecular weight is 412 g/mol. The van der Waals surface area contributed by atoms with Gasteiger partial charge in [0.25, 0.3) is 0 Å². The molecule has 0 unspecified atom stereocenters. The van der Waals surface area contributed by atoms with E-state index in [0.29, 0.717) is 24.0 Å². The van der Waals surface area contributed by atoms with Gasteiger partial charge in [-0.1, -0.05) is 0 Å². The molecule has 1 amide bonds. The van der Waals surface area contributed by atoms with E-state index in [-0.39, 0.29) is 30.0 Å². The number of carbonyl (C=O) groups is 2. The van der Waals surface area contributed by atoms with Gasteiger partial charge in [-0.25, -0.2) is 9.59 Å². The van der Waals surface area contributed by atoms with E-state index in [1.54, 1.807) is 22.6 Å². The first-order valence-corrected chi connectivity index (χ1v) is 8.92. The summed E-state index contributed by atoms with van der Waals surface area (Å²) in [5.74, 6) is -0.541. The van der Waals surface area contributed by atoms with Crippen molar-refractivity contribution in [3.63, 3.8) is 0 Å². The maximum atomic E-state index is 12.3. The van der Waals surface area contributed by atoms with Crippen LogP contribution in [0.15, 0.2) is 10.7 Å². The monoisotopic (exact) mass is 411 g/mol. The molecule has 7 nitrogen and oxygen atoms in total. The molecule has 1 aliphatic heterocycles. The summed E-state index contributed by atoms with van der Waals surface area (Å²) < 4.78 is 12.7. The van der Waals surface area contributed by atoms with Crippen LogP contribution in [0.2, 0.25) is 0 Å². The molecule has 2 rings (SSSR count). The van der Waals surface area contributed by atoms with Crippen LogP contribution in [0.3, 0.4) is 0 Å². The Balaban J connectivity index is 2.24. The van der Waals surface area contributed by atoms with E-state index >= 15 is 0 Å². The first-order chi connectivity index (χ1) is 11.7. The molecule has 1 atom stereocenters. The van der Waals surface area contributed by atoms with Gasteiger partial charge in [0.2, 0.25) is 0 Å². The van der Waals surface area contributed by atoms with Crippen LogP contribution in [0, 0.1) is 11.3 Å². The third-order valence-electron chi connectivity index (χ3n) is 3.78. The lowest BCUT2D eigenvalue weighted by molar-refractivity contribution is 0.0289. The zero-order valence-electron chi connectivity index (χ0n) is 14.8.